The second-order valence-electron chi connectivity index (χ2n) is 4.87. The minimum Gasteiger partial charge on any atom is -0.375 e. The fraction of sp³-hybridized carbons (Fsp3) is 0.571. The van der Waals surface area contributed by atoms with E-state index in [2.05, 4.69) is 10.3 Å². The monoisotopic (exact) mass is 335 g/mol. The second kappa shape index (κ2) is 9.95. The summed E-state index contributed by atoms with van der Waals surface area (Å²) in [6.07, 6.45) is 4.32. The topological polar surface area (TPSA) is 54.5 Å². The Kier molecular flexibility index (Phi) is 9.53. The summed E-state index contributed by atoms with van der Waals surface area (Å²) in [4.78, 5) is 18.1. The highest BCUT2D eigenvalue weighted by atomic mass is 35.5. The standard InChI is InChI=1S/C14H21N3O2.2ClH/c1-11-13(16-8-10-19-11)14(18)17(2)9-5-12-3-6-15-7-4-12;;/h3-4,6-7,11,13,16H,5,8-10H2,1-2H3;2*1H/t11-,13+;;/m1../s1. The molecule has 1 fully saturated rings. The maximum absolute atomic E-state index is 12.3. The zero-order valence-corrected chi connectivity index (χ0v) is 14.0. The van der Waals surface area contributed by atoms with Crippen molar-refractivity contribution in [2.24, 2.45) is 0 Å². The summed E-state index contributed by atoms with van der Waals surface area (Å²) in [7, 11) is 1.84. The van der Waals surface area contributed by atoms with Gasteiger partial charge in [-0.05, 0) is 31.0 Å². The van der Waals surface area contributed by atoms with Crippen molar-refractivity contribution < 1.29 is 9.53 Å². The van der Waals surface area contributed by atoms with Crippen LogP contribution in [0.4, 0.5) is 0 Å². The molecule has 1 aliphatic heterocycles. The zero-order valence-electron chi connectivity index (χ0n) is 12.3. The van der Waals surface area contributed by atoms with E-state index in [1.54, 1.807) is 17.3 Å². The maximum Gasteiger partial charge on any atom is 0.242 e. The van der Waals surface area contributed by atoms with Crippen molar-refractivity contribution in [3.05, 3.63) is 30.1 Å². The highest BCUT2D eigenvalue weighted by molar-refractivity contribution is 5.85. The number of hydrogen-bond acceptors (Lipinski definition) is 4. The van der Waals surface area contributed by atoms with Crippen LogP contribution in [0.3, 0.4) is 0 Å². The molecule has 120 valence electrons. The minimum absolute atomic E-state index is 0. The van der Waals surface area contributed by atoms with Gasteiger partial charge in [-0.25, -0.2) is 0 Å². The molecule has 0 unspecified atom stereocenters. The number of morpholine rings is 1. The average molecular weight is 336 g/mol. The highest BCUT2D eigenvalue weighted by Gasteiger charge is 2.30. The first-order valence-corrected chi connectivity index (χ1v) is 6.67. The van der Waals surface area contributed by atoms with Crippen LogP contribution in [0.15, 0.2) is 24.5 Å². The number of pyridine rings is 1. The van der Waals surface area contributed by atoms with Crippen LogP contribution in [-0.2, 0) is 16.0 Å². The fourth-order valence-corrected chi connectivity index (χ4v) is 2.20. The zero-order chi connectivity index (χ0) is 13.7. The van der Waals surface area contributed by atoms with Crippen molar-refractivity contribution in [1.29, 1.82) is 0 Å². The fourth-order valence-electron chi connectivity index (χ4n) is 2.20. The first-order chi connectivity index (χ1) is 9.18. The van der Waals surface area contributed by atoms with Gasteiger partial charge in [0.2, 0.25) is 5.91 Å². The lowest BCUT2D eigenvalue weighted by molar-refractivity contribution is -0.138. The van der Waals surface area contributed by atoms with Crippen LogP contribution in [0.1, 0.15) is 12.5 Å². The number of ether oxygens (including phenoxy) is 1. The number of aromatic nitrogens is 1. The van der Waals surface area contributed by atoms with Crippen LogP contribution in [0, 0.1) is 0 Å². The maximum atomic E-state index is 12.3. The summed E-state index contributed by atoms with van der Waals surface area (Å²) in [5, 5.41) is 3.22. The molecule has 1 aromatic heterocycles. The van der Waals surface area contributed by atoms with E-state index in [-0.39, 0.29) is 42.9 Å². The number of carbonyl (C=O) groups is 1. The molecule has 2 rings (SSSR count). The van der Waals surface area contributed by atoms with Crippen molar-refractivity contribution >= 4 is 30.7 Å². The van der Waals surface area contributed by atoms with Crippen LogP contribution in [0.25, 0.3) is 0 Å². The van der Waals surface area contributed by atoms with E-state index in [1.165, 1.54) is 5.56 Å². The Hall–Kier alpha value is -0.880. The third kappa shape index (κ3) is 5.79. The summed E-state index contributed by atoms with van der Waals surface area (Å²) in [6.45, 7) is 4.05. The quantitative estimate of drug-likeness (QED) is 0.901. The summed E-state index contributed by atoms with van der Waals surface area (Å²) in [6, 6.07) is 3.72. The lowest BCUT2D eigenvalue weighted by Gasteiger charge is -2.32. The lowest BCUT2D eigenvalue weighted by Crippen LogP contribution is -2.55. The Bertz CT molecular complexity index is 420. The number of halogens is 2. The number of amides is 1. The SMILES string of the molecule is C[C@H]1OCCN[C@@H]1C(=O)N(C)CCc1ccncc1.Cl.Cl. The van der Waals surface area contributed by atoms with E-state index >= 15 is 0 Å². The van der Waals surface area contributed by atoms with Crippen molar-refractivity contribution in [2.75, 3.05) is 26.7 Å². The van der Waals surface area contributed by atoms with Gasteiger partial charge in [0, 0.05) is 32.5 Å². The van der Waals surface area contributed by atoms with Gasteiger partial charge in [0.15, 0.2) is 0 Å². The molecule has 0 radical (unpaired) electrons. The molecule has 0 bridgehead atoms. The van der Waals surface area contributed by atoms with Gasteiger partial charge in [0.1, 0.15) is 6.04 Å². The molecular weight excluding hydrogens is 313 g/mol. The van der Waals surface area contributed by atoms with Gasteiger partial charge in [0.25, 0.3) is 0 Å². The Morgan fingerprint density at radius 1 is 1.43 bits per heavy atom. The molecule has 1 saturated heterocycles. The largest absolute Gasteiger partial charge is 0.375 e. The first-order valence-electron chi connectivity index (χ1n) is 6.67. The normalized spacial score (nSPS) is 20.9. The summed E-state index contributed by atoms with van der Waals surface area (Å²) >= 11 is 0. The predicted molar refractivity (Wildman–Crippen MR) is 87.3 cm³/mol. The van der Waals surface area contributed by atoms with Crippen LogP contribution >= 0.6 is 24.8 Å². The molecule has 1 N–H and O–H groups in total. The third-order valence-electron chi connectivity index (χ3n) is 3.44. The van der Waals surface area contributed by atoms with Gasteiger partial charge in [-0.15, -0.1) is 24.8 Å². The molecule has 0 spiro atoms. The van der Waals surface area contributed by atoms with E-state index in [1.807, 2.05) is 26.1 Å². The first kappa shape index (κ1) is 20.1. The Morgan fingerprint density at radius 3 is 2.71 bits per heavy atom. The van der Waals surface area contributed by atoms with Gasteiger partial charge in [-0.1, -0.05) is 0 Å². The molecular formula is C14H23Cl2N3O2. The molecule has 7 heteroatoms. The number of carbonyl (C=O) groups excluding carboxylic acids is 1. The van der Waals surface area contributed by atoms with Gasteiger partial charge >= 0.3 is 0 Å². The molecule has 2 heterocycles. The van der Waals surface area contributed by atoms with E-state index in [9.17, 15) is 4.79 Å². The number of nitrogens with zero attached hydrogens (tertiary/aromatic N) is 2. The molecule has 5 nitrogen and oxygen atoms in total. The molecule has 2 atom stereocenters. The Labute approximate surface area is 138 Å². The lowest BCUT2D eigenvalue weighted by atomic mass is 10.1. The van der Waals surface area contributed by atoms with E-state index in [0.29, 0.717) is 13.2 Å². The molecule has 21 heavy (non-hydrogen) atoms. The average Bonchev–Trinajstić information content (AvgIpc) is 2.45. The third-order valence-corrected chi connectivity index (χ3v) is 3.44. The van der Waals surface area contributed by atoms with Gasteiger partial charge in [-0.2, -0.15) is 0 Å². The summed E-state index contributed by atoms with van der Waals surface area (Å²) in [5.41, 5.74) is 1.19. The molecule has 1 aliphatic rings. The van der Waals surface area contributed by atoms with Gasteiger partial charge in [-0.3, -0.25) is 9.78 Å². The summed E-state index contributed by atoms with van der Waals surface area (Å²) < 4.78 is 5.51. The smallest absolute Gasteiger partial charge is 0.242 e. The minimum atomic E-state index is -0.226. The number of rotatable bonds is 4. The van der Waals surface area contributed by atoms with Crippen LogP contribution in [-0.4, -0.2) is 54.7 Å². The van der Waals surface area contributed by atoms with E-state index < -0.39 is 0 Å². The van der Waals surface area contributed by atoms with E-state index in [4.69, 9.17) is 4.74 Å². The van der Waals surface area contributed by atoms with Gasteiger partial charge in [0.05, 0.1) is 12.7 Å². The molecule has 0 aromatic carbocycles. The molecule has 1 amide bonds. The Balaban J connectivity index is 0.00000200. The number of hydrogen-bond donors (Lipinski definition) is 1. The van der Waals surface area contributed by atoms with Crippen LogP contribution < -0.4 is 5.32 Å². The van der Waals surface area contributed by atoms with Crippen molar-refractivity contribution in [3.8, 4) is 0 Å². The van der Waals surface area contributed by atoms with Crippen molar-refractivity contribution in [1.82, 2.24) is 15.2 Å². The van der Waals surface area contributed by atoms with Crippen LogP contribution in [0.5, 0.6) is 0 Å². The van der Waals surface area contributed by atoms with Crippen LogP contribution in [0.2, 0.25) is 0 Å². The van der Waals surface area contributed by atoms with E-state index in [0.717, 1.165) is 13.0 Å². The predicted octanol–water partition coefficient (Wildman–Crippen LogP) is 1.30. The second-order valence-corrected chi connectivity index (χ2v) is 4.87. The number of likely N-dealkylation sites (N-methyl/N-ethyl adjacent to an activating group) is 1. The van der Waals surface area contributed by atoms with Gasteiger partial charge < -0.3 is 15.0 Å². The van der Waals surface area contributed by atoms with Crippen molar-refractivity contribution in [2.45, 2.75) is 25.5 Å². The molecule has 0 aliphatic carbocycles. The number of nitrogens with one attached hydrogen (secondary N) is 1. The summed E-state index contributed by atoms with van der Waals surface area (Å²) in [5.74, 6) is 0.0984. The highest BCUT2D eigenvalue weighted by Crippen LogP contribution is 2.08. The Morgan fingerprint density at radius 2 is 2.10 bits per heavy atom. The van der Waals surface area contributed by atoms with Crippen molar-refractivity contribution in [3.63, 3.8) is 0 Å². The molecule has 1 aromatic rings. The molecule has 0 saturated carbocycles.